The van der Waals surface area contributed by atoms with Crippen molar-refractivity contribution in [3.05, 3.63) is 118 Å². The van der Waals surface area contributed by atoms with E-state index in [1.54, 1.807) is 0 Å². The third-order valence-corrected chi connectivity index (χ3v) is 20.0. The lowest BCUT2D eigenvalue weighted by molar-refractivity contribution is 0.0187. The van der Waals surface area contributed by atoms with Crippen molar-refractivity contribution in [2.45, 2.75) is 327 Å². The first-order valence-electron chi connectivity index (χ1n) is 35.1. The maximum Gasteiger partial charge on any atom is 0.514 e. The van der Waals surface area contributed by atoms with Crippen LogP contribution in [0.25, 0.3) is 0 Å². The van der Waals surface area contributed by atoms with Crippen molar-refractivity contribution >= 4 is 18.5 Å². The van der Waals surface area contributed by atoms with Gasteiger partial charge >= 0.3 is 35.5 Å². The van der Waals surface area contributed by atoms with Crippen LogP contribution in [0.5, 0.6) is 17.2 Å². The Labute approximate surface area is 534 Å². The molecule has 6 aliphatic carbocycles. The van der Waals surface area contributed by atoms with Crippen LogP contribution in [-0.2, 0) is 33.8 Å². The quantitative estimate of drug-likeness (QED) is 0.0627. The molecule has 0 N–H and O–H groups in total. The summed E-state index contributed by atoms with van der Waals surface area (Å²) in [7, 11) is 0. The molecule has 492 valence electrons. The molecule has 4 aromatic rings. The molecule has 0 saturated heterocycles. The third kappa shape index (κ3) is 17.1. The van der Waals surface area contributed by atoms with Gasteiger partial charge in [-0.3, -0.25) is 0 Å². The summed E-state index contributed by atoms with van der Waals surface area (Å²) in [6.07, 6.45) is 27.4. The van der Waals surface area contributed by atoms with Crippen molar-refractivity contribution in [2.75, 3.05) is 0 Å². The lowest BCUT2D eigenvalue weighted by Crippen LogP contribution is -2.54. The second-order valence-electron chi connectivity index (χ2n) is 30.6. The van der Waals surface area contributed by atoms with Gasteiger partial charge in [0.2, 0.25) is 0 Å². The van der Waals surface area contributed by atoms with Crippen molar-refractivity contribution < 1.29 is 42.8 Å². The first-order valence-corrected chi connectivity index (χ1v) is 35.1. The smallest absolute Gasteiger partial charge is 0.428 e. The molecular weight excluding hydrogens is 1130 g/mol. The van der Waals surface area contributed by atoms with Crippen molar-refractivity contribution in [1.82, 2.24) is 13.7 Å². The molecule has 10 rings (SSSR count). The van der Waals surface area contributed by atoms with Gasteiger partial charge in [0.1, 0.15) is 34.1 Å². The van der Waals surface area contributed by atoms with Crippen LogP contribution in [0.1, 0.15) is 341 Å². The van der Waals surface area contributed by atoms with Crippen LogP contribution < -0.4 is 31.3 Å². The highest BCUT2D eigenvalue weighted by Gasteiger charge is 2.35. The zero-order valence-corrected chi connectivity index (χ0v) is 56.0. The molecule has 6 aliphatic rings. The van der Waals surface area contributed by atoms with Gasteiger partial charge in [0.05, 0.1) is 19.6 Å². The number of rotatable bonds is 15. The summed E-state index contributed by atoms with van der Waals surface area (Å²) in [6, 6.07) is 12.3. The van der Waals surface area contributed by atoms with Crippen LogP contribution in [0, 0.1) is 0 Å². The molecule has 3 aromatic carbocycles. The number of aromatic nitrogens is 3. The number of carbonyl (C=O) groups is 3. The summed E-state index contributed by atoms with van der Waals surface area (Å²) < 4.78 is 40.4. The molecule has 6 fully saturated rings. The van der Waals surface area contributed by atoms with E-state index in [9.17, 15) is 14.4 Å². The SMILES string of the molecule is CC(C)(C)OC(=O)Oc1c(C2CCCCC2)cc(Cn2c(=O)n(Cc3cc(C4CCCCC4)c(OC(=O)OC(C)(C)C)c(C4CCCCC4)c3)c(=O)n(Cc3cc(C4CCCCC4)c(OC(=O)OC(C)(C)C)c(C4CCCCC4)c3)c2=O)cc1C1CCCCC1. The minimum absolute atomic E-state index is 0.0683. The van der Waals surface area contributed by atoms with Gasteiger partial charge in [-0.15, -0.1) is 0 Å². The van der Waals surface area contributed by atoms with E-state index >= 15 is 14.4 Å². The summed E-state index contributed by atoms with van der Waals surface area (Å²) in [5, 5.41) is 0. The van der Waals surface area contributed by atoms with E-state index in [2.05, 4.69) is 0 Å². The van der Waals surface area contributed by atoms with Gasteiger partial charge in [-0.2, -0.15) is 0 Å². The van der Waals surface area contributed by atoms with Crippen molar-refractivity contribution in [3.8, 4) is 17.2 Å². The Morgan fingerprint density at radius 1 is 0.311 bits per heavy atom. The number of ether oxygens (including phenoxy) is 6. The fraction of sp³-hybridized carbons (Fsp3) is 0.680. The number of hydrogen-bond acceptors (Lipinski definition) is 12. The predicted octanol–water partition coefficient (Wildman–Crippen LogP) is 18.5. The monoisotopic (exact) mass is 1240 g/mol. The number of benzene rings is 3. The molecule has 15 nitrogen and oxygen atoms in total. The third-order valence-electron chi connectivity index (χ3n) is 20.0. The first-order chi connectivity index (χ1) is 42.9. The lowest BCUT2D eigenvalue weighted by atomic mass is 9.78. The van der Waals surface area contributed by atoms with Crippen LogP contribution in [0.15, 0.2) is 50.8 Å². The minimum Gasteiger partial charge on any atom is -0.428 e. The van der Waals surface area contributed by atoms with Gasteiger partial charge < -0.3 is 28.4 Å². The molecule has 0 aliphatic heterocycles. The molecule has 15 heteroatoms. The maximum absolute atomic E-state index is 15.9. The highest BCUT2D eigenvalue weighted by atomic mass is 16.7. The Hall–Kier alpha value is -6.12. The highest BCUT2D eigenvalue weighted by molar-refractivity contribution is 5.69. The largest absolute Gasteiger partial charge is 0.514 e. The van der Waals surface area contributed by atoms with Crippen LogP contribution in [-0.4, -0.2) is 49.0 Å². The van der Waals surface area contributed by atoms with Gasteiger partial charge in [-0.05, 0) is 261 Å². The predicted molar refractivity (Wildman–Crippen MR) is 351 cm³/mol. The molecule has 1 heterocycles. The van der Waals surface area contributed by atoms with E-state index in [1.165, 1.54) is 13.7 Å². The molecule has 0 radical (unpaired) electrons. The standard InChI is InChI=1S/C75H105N3O12/c1-73(2,3)88-70(82)85-64-58(52-28-16-10-17-29-52)40-49(41-59(64)53-30-18-11-19-31-53)46-76-67(79)77(47-50-42-60(54-32-20-12-21-33-54)65(86-71(83)89-74(4,5)6)61(43-50)55-34-22-13-23-35-55)69(81)78(68(76)80)48-51-44-62(56-36-24-14-25-37-56)66(87-72(84)90-75(7,8)9)63(45-51)57-38-26-15-27-39-57/h40-45,52-57H,10-39,46-48H2,1-9H3. The molecule has 0 atom stereocenters. The average molecular weight is 1240 g/mol. The normalized spacial score (nSPS) is 19.3. The van der Waals surface area contributed by atoms with E-state index in [0.29, 0.717) is 33.9 Å². The zero-order valence-electron chi connectivity index (χ0n) is 56.0. The first kappa shape index (κ1) is 66.8. The Balaban J connectivity index is 1.18. The van der Waals surface area contributed by atoms with Crippen LogP contribution in [0.2, 0.25) is 0 Å². The Bertz CT molecular complexity index is 2850. The molecule has 6 saturated carbocycles. The Kier molecular flexibility index (Phi) is 21.7. The lowest BCUT2D eigenvalue weighted by Gasteiger charge is -2.30. The molecule has 0 amide bonds. The Morgan fingerprint density at radius 3 is 0.633 bits per heavy atom. The molecule has 0 unspecified atom stereocenters. The minimum atomic E-state index is -0.785. The van der Waals surface area contributed by atoms with Gasteiger partial charge in [-0.1, -0.05) is 116 Å². The number of hydrogen-bond donors (Lipinski definition) is 0. The molecule has 0 bridgehead atoms. The van der Waals surface area contributed by atoms with E-state index < -0.39 is 52.3 Å². The molecular formula is C75H105N3O12. The zero-order chi connectivity index (χ0) is 63.9. The summed E-state index contributed by atoms with van der Waals surface area (Å²) in [6.45, 7) is 16.0. The second-order valence-corrected chi connectivity index (χ2v) is 30.6. The summed E-state index contributed by atoms with van der Waals surface area (Å²) >= 11 is 0. The van der Waals surface area contributed by atoms with Crippen molar-refractivity contribution in [3.63, 3.8) is 0 Å². The van der Waals surface area contributed by atoms with Gasteiger partial charge in [0, 0.05) is 0 Å². The molecule has 90 heavy (non-hydrogen) atoms. The highest BCUT2D eigenvalue weighted by Crippen LogP contribution is 2.49. The summed E-state index contributed by atoms with van der Waals surface area (Å²) in [5.41, 5.74) is 2.94. The van der Waals surface area contributed by atoms with Crippen LogP contribution >= 0.6 is 0 Å². The molecule has 1 aromatic heterocycles. The van der Waals surface area contributed by atoms with E-state index in [1.807, 2.05) is 98.7 Å². The van der Waals surface area contributed by atoms with E-state index in [0.717, 1.165) is 226 Å². The van der Waals surface area contributed by atoms with Crippen molar-refractivity contribution in [1.29, 1.82) is 0 Å². The van der Waals surface area contributed by atoms with E-state index in [4.69, 9.17) is 28.4 Å². The summed E-state index contributed by atoms with van der Waals surface area (Å²) in [4.78, 5) is 89.2. The van der Waals surface area contributed by atoms with Gasteiger partial charge in [0.15, 0.2) is 0 Å². The second kappa shape index (κ2) is 29.2. The number of carbonyl (C=O) groups excluding carboxylic acids is 3. The number of nitrogens with zero attached hydrogens (tertiary/aromatic N) is 3. The average Bonchev–Trinajstić information content (AvgIpc) is 1.01. The summed E-state index contributed by atoms with van der Waals surface area (Å²) in [5.74, 6) is 2.01. The fourth-order valence-corrected chi connectivity index (χ4v) is 15.8. The van der Waals surface area contributed by atoms with Gasteiger partial charge in [0.25, 0.3) is 0 Å². The maximum atomic E-state index is 15.9. The Morgan fingerprint density at radius 2 is 0.478 bits per heavy atom. The topological polar surface area (TPSA) is 173 Å². The van der Waals surface area contributed by atoms with Crippen molar-refractivity contribution in [2.24, 2.45) is 0 Å². The van der Waals surface area contributed by atoms with E-state index in [-0.39, 0.29) is 55.1 Å². The van der Waals surface area contributed by atoms with Crippen LogP contribution in [0.3, 0.4) is 0 Å². The van der Waals surface area contributed by atoms with Crippen LogP contribution in [0.4, 0.5) is 14.4 Å². The molecule has 0 spiro atoms. The fourth-order valence-electron chi connectivity index (χ4n) is 15.8. The van der Waals surface area contributed by atoms with Gasteiger partial charge in [-0.25, -0.2) is 42.5 Å².